The lowest BCUT2D eigenvalue weighted by atomic mass is 9.99. The zero-order valence-corrected chi connectivity index (χ0v) is 15.3. The zero-order chi connectivity index (χ0) is 18.0. The molecule has 5 heteroatoms. The average molecular weight is 344 g/mol. The van der Waals surface area contributed by atoms with Gasteiger partial charge >= 0.3 is 0 Å². The van der Waals surface area contributed by atoms with Crippen molar-refractivity contribution in [3.05, 3.63) is 24.3 Å². The highest BCUT2D eigenvalue weighted by Gasteiger charge is 2.49. The van der Waals surface area contributed by atoms with Crippen molar-refractivity contribution in [1.29, 1.82) is 0 Å². The molecule has 136 valence electrons. The van der Waals surface area contributed by atoms with Crippen LogP contribution in [0.1, 0.15) is 40.0 Å². The molecule has 2 unspecified atom stereocenters. The first-order valence-electron chi connectivity index (χ1n) is 9.30. The van der Waals surface area contributed by atoms with E-state index < -0.39 is 0 Å². The predicted molar refractivity (Wildman–Crippen MR) is 97.4 cm³/mol. The normalized spacial score (nSPS) is 23.4. The Hall–Kier alpha value is -2.04. The minimum absolute atomic E-state index is 0.0544. The van der Waals surface area contributed by atoms with Gasteiger partial charge in [0.15, 0.2) is 0 Å². The smallest absolute Gasteiger partial charge is 0.228 e. The van der Waals surface area contributed by atoms with Crippen molar-refractivity contribution < 1.29 is 14.3 Å². The number of rotatable bonds is 5. The van der Waals surface area contributed by atoms with Gasteiger partial charge in [0.1, 0.15) is 5.75 Å². The van der Waals surface area contributed by atoms with Crippen molar-refractivity contribution in [3.63, 3.8) is 0 Å². The molecule has 0 bridgehead atoms. The number of hydrogen-bond acceptors (Lipinski definition) is 3. The van der Waals surface area contributed by atoms with Crippen molar-refractivity contribution >= 4 is 17.5 Å². The quantitative estimate of drug-likeness (QED) is 0.891. The standard InChI is InChI=1S/C20H28N2O3/c1-13(2)25-16-6-4-15(5-7-16)21-19(23)17-12-18(17)20(24)22-10-8-14(3)9-11-22/h4-7,13-14,17-18H,8-12H2,1-3H3,(H,21,23). The number of amides is 2. The van der Waals surface area contributed by atoms with Gasteiger partial charge < -0.3 is 15.0 Å². The molecule has 3 rings (SSSR count). The second-order valence-electron chi connectivity index (χ2n) is 7.64. The van der Waals surface area contributed by atoms with E-state index in [4.69, 9.17) is 4.74 Å². The molecule has 2 aliphatic rings. The van der Waals surface area contributed by atoms with Crippen LogP contribution >= 0.6 is 0 Å². The second-order valence-corrected chi connectivity index (χ2v) is 7.64. The zero-order valence-electron chi connectivity index (χ0n) is 15.3. The van der Waals surface area contributed by atoms with E-state index in [0.29, 0.717) is 12.3 Å². The molecule has 1 heterocycles. The predicted octanol–water partition coefficient (Wildman–Crippen LogP) is 3.31. The van der Waals surface area contributed by atoms with Gasteiger partial charge in [0.2, 0.25) is 11.8 Å². The number of nitrogens with zero attached hydrogens (tertiary/aromatic N) is 1. The van der Waals surface area contributed by atoms with Crippen molar-refractivity contribution in [2.75, 3.05) is 18.4 Å². The summed E-state index contributed by atoms with van der Waals surface area (Å²) >= 11 is 0. The van der Waals surface area contributed by atoms with Crippen molar-refractivity contribution in [3.8, 4) is 5.75 Å². The molecule has 25 heavy (non-hydrogen) atoms. The molecule has 5 nitrogen and oxygen atoms in total. The molecular weight excluding hydrogens is 316 g/mol. The number of benzene rings is 1. The van der Waals surface area contributed by atoms with Crippen LogP contribution in [0, 0.1) is 17.8 Å². The molecule has 2 atom stereocenters. The molecule has 1 saturated carbocycles. The van der Waals surface area contributed by atoms with Crippen LogP contribution in [0.3, 0.4) is 0 Å². The van der Waals surface area contributed by atoms with Gasteiger partial charge in [0.05, 0.1) is 17.9 Å². The summed E-state index contributed by atoms with van der Waals surface area (Å²) in [5.41, 5.74) is 0.742. The molecule has 1 aliphatic carbocycles. The van der Waals surface area contributed by atoms with Crippen LogP contribution in [0.4, 0.5) is 5.69 Å². The first-order chi connectivity index (χ1) is 11.9. The fraction of sp³-hybridized carbons (Fsp3) is 0.600. The molecule has 1 aliphatic heterocycles. The first kappa shape index (κ1) is 17.8. The lowest BCUT2D eigenvalue weighted by Gasteiger charge is -2.30. The minimum atomic E-state index is -0.182. The maximum absolute atomic E-state index is 12.5. The summed E-state index contributed by atoms with van der Waals surface area (Å²) in [4.78, 5) is 26.8. The van der Waals surface area contributed by atoms with Gasteiger partial charge in [0.25, 0.3) is 0 Å². The number of likely N-dealkylation sites (tertiary alicyclic amines) is 1. The Morgan fingerprint density at radius 2 is 1.76 bits per heavy atom. The van der Waals surface area contributed by atoms with Crippen molar-refractivity contribution in [1.82, 2.24) is 4.90 Å². The van der Waals surface area contributed by atoms with E-state index in [1.807, 2.05) is 43.0 Å². The molecule has 0 spiro atoms. The molecule has 0 aromatic heterocycles. The van der Waals surface area contributed by atoms with Gasteiger partial charge in [-0.2, -0.15) is 0 Å². The van der Waals surface area contributed by atoms with Crippen LogP contribution < -0.4 is 10.1 Å². The molecule has 2 amide bonds. The van der Waals surface area contributed by atoms with E-state index in [2.05, 4.69) is 12.2 Å². The van der Waals surface area contributed by atoms with Gasteiger partial charge in [-0.15, -0.1) is 0 Å². The highest BCUT2D eigenvalue weighted by Crippen LogP contribution is 2.41. The van der Waals surface area contributed by atoms with E-state index in [1.165, 1.54) is 0 Å². The number of nitrogens with one attached hydrogen (secondary N) is 1. The van der Waals surface area contributed by atoms with Crippen LogP contribution in [-0.4, -0.2) is 35.9 Å². The summed E-state index contributed by atoms with van der Waals surface area (Å²) in [6.45, 7) is 7.85. The number of carbonyl (C=O) groups excluding carboxylic acids is 2. The summed E-state index contributed by atoms with van der Waals surface area (Å²) in [5, 5.41) is 2.91. The summed E-state index contributed by atoms with van der Waals surface area (Å²) < 4.78 is 5.59. The molecular formula is C20H28N2O3. The van der Waals surface area contributed by atoms with Gasteiger partial charge in [0, 0.05) is 18.8 Å². The van der Waals surface area contributed by atoms with Crippen molar-refractivity contribution in [2.24, 2.45) is 17.8 Å². The van der Waals surface area contributed by atoms with E-state index in [0.717, 1.165) is 37.4 Å². The largest absolute Gasteiger partial charge is 0.491 e. The van der Waals surface area contributed by atoms with Crippen LogP contribution in [0.2, 0.25) is 0 Å². The van der Waals surface area contributed by atoms with Crippen LogP contribution in [0.15, 0.2) is 24.3 Å². The van der Waals surface area contributed by atoms with Crippen LogP contribution in [-0.2, 0) is 9.59 Å². The number of piperidine rings is 1. The molecule has 0 radical (unpaired) electrons. The number of ether oxygens (including phenoxy) is 1. The third-order valence-corrected chi connectivity index (χ3v) is 5.03. The lowest BCUT2D eigenvalue weighted by Crippen LogP contribution is -2.39. The Balaban J connectivity index is 1.49. The average Bonchev–Trinajstić information content (AvgIpc) is 3.37. The second kappa shape index (κ2) is 7.46. The maximum atomic E-state index is 12.5. The number of hydrogen-bond donors (Lipinski definition) is 1. The van der Waals surface area contributed by atoms with Crippen LogP contribution in [0.5, 0.6) is 5.75 Å². The Morgan fingerprint density at radius 3 is 2.36 bits per heavy atom. The van der Waals surface area contributed by atoms with E-state index >= 15 is 0 Å². The number of anilines is 1. The Bertz CT molecular complexity index is 618. The lowest BCUT2D eigenvalue weighted by molar-refractivity contribution is -0.135. The molecule has 1 N–H and O–H groups in total. The third kappa shape index (κ3) is 4.53. The maximum Gasteiger partial charge on any atom is 0.228 e. The monoisotopic (exact) mass is 344 g/mol. The summed E-state index contributed by atoms with van der Waals surface area (Å²) in [6, 6.07) is 7.36. The highest BCUT2D eigenvalue weighted by molar-refractivity contribution is 5.99. The first-order valence-corrected chi connectivity index (χ1v) is 9.30. The third-order valence-electron chi connectivity index (χ3n) is 5.03. The Kier molecular flexibility index (Phi) is 5.30. The van der Waals surface area contributed by atoms with Crippen molar-refractivity contribution in [2.45, 2.75) is 46.1 Å². The van der Waals surface area contributed by atoms with Gasteiger partial charge in [-0.1, -0.05) is 6.92 Å². The summed E-state index contributed by atoms with van der Waals surface area (Å²) in [7, 11) is 0. The van der Waals surface area contributed by atoms with Crippen LogP contribution in [0.25, 0.3) is 0 Å². The Labute approximate surface area is 149 Å². The number of carbonyl (C=O) groups is 2. The van der Waals surface area contributed by atoms with E-state index in [1.54, 1.807) is 0 Å². The molecule has 1 aromatic rings. The van der Waals surface area contributed by atoms with E-state index in [9.17, 15) is 9.59 Å². The fourth-order valence-electron chi connectivity index (χ4n) is 3.35. The molecule has 2 fully saturated rings. The summed E-state index contributed by atoms with van der Waals surface area (Å²) in [6.07, 6.45) is 2.93. The fourth-order valence-corrected chi connectivity index (χ4v) is 3.35. The van der Waals surface area contributed by atoms with Gasteiger partial charge in [-0.25, -0.2) is 0 Å². The SMILES string of the molecule is CC1CCN(C(=O)C2CC2C(=O)Nc2ccc(OC(C)C)cc2)CC1. The molecule has 1 aromatic carbocycles. The highest BCUT2D eigenvalue weighted by atomic mass is 16.5. The molecule has 1 saturated heterocycles. The summed E-state index contributed by atoms with van der Waals surface area (Å²) in [5.74, 6) is 1.28. The van der Waals surface area contributed by atoms with Gasteiger partial charge in [-0.3, -0.25) is 9.59 Å². The topological polar surface area (TPSA) is 58.6 Å². The van der Waals surface area contributed by atoms with Gasteiger partial charge in [-0.05, 0) is 63.3 Å². The van der Waals surface area contributed by atoms with E-state index in [-0.39, 0.29) is 29.8 Å². The minimum Gasteiger partial charge on any atom is -0.491 e. The Morgan fingerprint density at radius 1 is 1.12 bits per heavy atom.